The van der Waals surface area contributed by atoms with Crippen LogP contribution in [-0.2, 0) is 4.74 Å². The van der Waals surface area contributed by atoms with Crippen LogP contribution in [0.5, 0.6) is 0 Å². The fourth-order valence-corrected chi connectivity index (χ4v) is 2.63. The lowest BCUT2D eigenvalue weighted by atomic mass is 9.99. The number of nitrogens with zero attached hydrogens (tertiary/aromatic N) is 1. The summed E-state index contributed by atoms with van der Waals surface area (Å²) in [5.74, 6) is 2.80. The van der Waals surface area contributed by atoms with Gasteiger partial charge in [-0.25, -0.2) is 4.79 Å². The standard InChI is InChI=1S/C16H19ClN2O2/c1-2-9-21-12-13-5-4-8-19(11-13)16(20)18-15-7-3-6-14(17)10-15/h1,3,6-7,10,13H,4-5,8-9,11-12H2,(H,18,20). The van der Waals surface area contributed by atoms with E-state index in [2.05, 4.69) is 11.2 Å². The van der Waals surface area contributed by atoms with Crippen molar-refractivity contribution in [2.24, 2.45) is 5.92 Å². The van der Waals surface area contributed by atoms with Gasteiger partial charge < -0.3 is 15.0 Å². The Bertz CT molecular complexity index is 527. The van der Waals surface area contributed by atoms with E-state index in [1.165, 1.54) is 0 Å². The Kier molecular flexibility index (Phi) is 5.91. The summed E-state index contributed by atoms with van der Waals surface area (Å²) >= 11 is 5.91. The molecule has 0 spiro atoms. The Morgan fingerprint density at radius 3 is 3.19 bits per heavy atom. The first-order valence-corrected chi connectivity index (χ1v) is 7.39. The number of halogens is 1. The molecule has 1 N–H and O–H groups in total. The molecule has 112 valence electrons. The van der Waals surface area contributed by atoms with Gasteiger partial charge in [-0.1, -0.05) is 23.6 Å². The van der Waals surface area contributed by atoms with Crippen molar-refractivity contribution in [1.29, 1.82) is 0 Å². The number of piperidine rings is 1. The molecule has 4 nitrogen and oxygen atoms in total. The van der Waals surface area contributed by atoms with Crippen LogP contribution in [0.15, 0.2) is 24.3 Å². The molecule has 1 unspecified atom stereocenters. The number of hydrogen-bond acceptors (Lipinski definition) is 2. The number of ether oxygens (including phenoxy) is 1. The van der Waals surface area contributed by atoms with Crippen molar-refractivity contribution >= 4 is 23.3 Å². The Balaban J connectivity index is 1.85. The lowest BCUT2D eigenvalue weighted by Crippen LogP contribution is -2.43. The number of rotatable bonds is 4. The molecule has 0 bridgehead atoms. The van der Waals surface area contributed by atoms with E-state index in [1.807, 2.05) is 17.0 Å². The molecule has 2 amide bonds. The van der Waals surface area contributed by atoms with Crippen LogP contribution in [0, 0.1) is 18.3 Å². The van der Waals surface area contributed by atoms with Gasteiger partial charge in [0.05, 0.1) is 6.61 Å². The molecule has 0 aromatic heterocycles. The fraction of sp³-hybridized carbons (Fsp3) is 0.438. The number of anilines is 1. The largest absolute Gasteiger partial charge is 0.368 e. The molecule has 1 heterocycles. The molecule has 2 rings (SSSR count). The molecule has 5 heteroatoms. The summed E-state index contributed by atoms with van der Waals surface area (Å²) < 4.78 is 5.37. The van der Waals surface area contributed by atoms with Crippen molar-refractivity contribution in [2.45, 2.75) is 12.8 Å². The van der Waals surface area contributed by atoms with Crippen molar-refractivity contribution < 1.29 is 9.53 Å². The first-order valence-electron chi connectivity index (χ1n) is 7.01. The first kappa shape index (κ1) is 15.7. The smallest absolute Gasteiger partial charge is 0.321 e. The lowest BCUT2D eigenvalue weighted by molar-refractivity contribution is 0.0883. The maximum Gasteiger partial charge on any atom is 0.321 e. The summed E-state index contributed by atoms with van der Waals surface area (Å²) in [4.78, 5) is 14.1. The highest BCUT2D eigenvalue weighted by Crippen LogP contribution is 2.19. The average molecular weight is 307 g/mol. The monoisotopic (exact) mass is 306 g/mol. The van der Waals surface area contributed by atoms with Gasteiger partial charge in [-0.05, 0) is 31.0 Å². The minimum atomic E-state index is -0.0982. The third kappa shape index (κ3) is 4.96. The molecule has 1 aromatic carbocycles. The normalized spacial score (nSPS) is 18.1. The first-order chi connectivity index (χ1) is 10.2. The molecule has 0 radical (unpaired) electrons. The van der Waals surface area contributed by atoms with Crippen molar-refractivity contribution in [3.63, 3.8) is 0 Å². The summed E-state index contributed by atoms with van der Waals surface area (Å²) in [6.07, 6.45) is 7.20. The lowest BCUT2D eigenvalue weighted by Gasteiger charge is -2.32. The molecular weight excluding hydrogens is 288 g/mol. The van der Waals surface area contributed by atoms with Gasteiger partial charge in [0.15, 0.2) is 0 Å². The molecule has 0 saturated carbocycles. The van der Waals surface area contributed by atoms with Crippen molar-refractivity contribution in [2.75, 3.05) is 31.6 Å². The third-order valence-electron chi connectivity index (χ3n) is 3.42. The number of amides is 2. The van der Waals surface area contributed by atoms with Crippen LogP contribution in [0.2, 0.25) is 5.02 Å². The highest BCUT2D eigenvalue weighted by Gasteiger charge is 2.23. The van der Waals surface area contributed by atoms with Gasteiger partial charge >= 0.3 is 6.03 Å². The van der Waals surface area contributed by atoms with E-state index < -0.39 is 0 Å². The SMILES string of the molecule is C#CCOCC1CCCN(C(=O)Nc2cccc(Cl)c2)C1. The van der Waals surface area contributed by atoms with E-state index in [1.54, 1.807) is 12.1 Å². The van der Waals surface area contributed by atoms with Crippen LogP contribution in [0.1, 0.15) is 12.8 Å². The number of nitrogens with one attached hydrogen (secondary N) is 1. The predicted molar refractivity (Wildman–Crippen MR) is 84.4 cm³/mol. The number of likely N-dealkylation sites (tertiary alicyclic amines) is 1. The number of carbonyl (C=O) groups excluding carboxylic acids is 1. The number of urea groups is 1. The maximum atomic E-state index is 12.3. The summed E-state index contributed by atoms with van der Waals surface area (Å²) in [5, 5.41) is 3.47. The van der Waals surface area contributed by atoms with E-state index in [4.69, 9.17) is 22.8 Å². The maximum absolute atomic E-state index is 12.3. The van der Waals surface area contributed by atoms with Gasteiger partial charge in [0.2, 0.25) is 0 Å². The third-order valence-corrected chi connectivity index (χ3v) is 3.66. The summed E-state index contributed by atoms with van der Waals surface area (Å²) in [7, 11) is 0. The highest BCUT2D eigenvalue weighted by molar-refractivity contribution is 6.30. The van der Waals surface area contributed by atoms with Crippen LogP contribution in [0.4, 0.5) is 10.5 Å². The zero-order valence-electron chi connectivity index (χ0n) is 11.8. The quantitative estimate of drug-likeness (QED) is 0.685. The predicted octanol–water partition coefficient (Wildman–Crippen LogP) is 3.23. The van der Waals surface area contributed by atoms with Gasteiger partial charge in [-0.2, -0.15) is 0 Å². The van der Waals surface area contributed by atoms with Gasteiger partial charge in [0, 0.05) is 29.7 Å². The van der Waals surface area contributed by atoms with Gasteiger partial charge in [0.1, 0.15) is 6.61 Å². The second-order valence-electron chi connectivity index (χ2n) is 5.11. The van der Waals surface area contributed by atoms with Crippen molar-refractivity contribution in [1.82, 2.24) is 4.90 Å². The number of carbonyl (C=O) groups is 1. The van der Waals surface area contributed by atoms with E-state index >= 15 is 0 Å². The molecule has 1 saturated heterocycles. The Hall–Kier alpha value is -1.70. The fourth-order valence-electron chi connectivity index (χ4n) is 2.44. The second-order valence-corrected chi connectivity index (χ2v) is 5.55. The highest BCUT2D eigenvalue weighted by atomic mass is 35.5. The zero-order chi connectivity index (χ0) is 15.1. The Morgan fingerprint density at radius 2 is 2.43 bits per heavy atom. The van der Waals surface area contributed by atoms with E-state index in [-0.39, 0.29) is 6.03 Å². The minimum absolute atomic E-state index is 0.0982. The second kappa shape index (κ2) is 7.92. The van der Waals surface area contributed by atoms with E-state index in [0.29, 0.717) is 36.4 Å². The molecule has 1 aliphatic rings. The molecule has 1 aromatic rings. The number of terminal acetylenes is 1. The van der Waals surface area contributed by atoms with Crippen LogP contribution < -0.4 is 5.32 Å². The average Bonchev–Trinajstić information content (AvgIpc) is 2.48. The van der Waals surface area contributed by atoms with Crippen molar-refractivity contribution in [3.05, 3.63) is 29.3 Å². The molecule has 1 aliphatic heterocycles. The molecule has 1 fully saturated rings. The summed E-state index contributed by atoms with van der Waals surface area (Å²) in [5.41, 5.74) is 0.707. The topological polar surface area (TPSA) is 41.6 Å². The minimum Gasteiger partial charge on any atom is -0.368 e. The molecule has 1 atom stereocenters. The molecule has 21 heavy (non-hydrogen) atoms. The number of hydrogen-bond donors (Lipinski definition) is 1. The van der Waals surface area contributed by atoms with Gasteiger partial charge in [-0.3, -0.25) is 0 Å². The molecule has 0 aliphatic carbocycles. The summed E-state index contributed by atoms with van der Waals surface area (Å²) in [6, 6.07) is 7.04. The molecular formula is C16H19ClN2O2. The van der Waals surface area contributed by atoms with Crippen LogP contribution in [0.3, 0.4) is 0 Å². The van der Waals surface area contributed by atoms with Crippen LogP contribution >= 0.6 is 11.6 Å². The van der Waals surface area contributed by atoms with Crippen LogP contribution in [-0.4, -0.2) is 37.2 Å². The number of benzene rings is 1. The van der Waals surface area contributed by atoms with Gasteiger partial charge in [0.25, 0.3) is 0 Å². The van der Waals surface area contributed by atoms with Crippen LogP contribution in [0.25, 0.3) is 0 Å². The Labute approximate surface area is 130 Å². The van der Waals surface area contributed by atoms with Crippen molar-refractivity contribution in [3.8, 4) is 12.3 Å². The van der Waals surface area contributed by atoms with E-state index in [9.17, 15) is 4.79 Å². The van der Waals surface area contributed by atoms with E-state index in [0.717, 1.165) is 19.4 Å². The Morgan fingerprint density at radius 1 is 1.57 bits per heavy atom. The van der Waals surface area contributed by atoms with Gasteiger partial charge in [-0.15, -0.1) is 6.42 Å². The zero-order valence-corrected chi connectivity index (χ0v) is 12.6. The summed E-state index contributed by atoms with van der Waals surface area (Å²) in [6.45, 7) is 2.38.